The van der Waals surface area contributed by atoms with Gasteiger partial charge >= 0.3 is 0 Å². The molecular formula is C15H26N2. The lowest BCUT2D eigenvalue weighted by Crippen LogP contribution is -2.15. The zero-order valence-electron chi connectivity index (χ0n) is 12.0. The lowest BCUT2D eigenvalue weighted by atomic mass is 9.91. The monoisotopic (exact) mass is 234 g/mol. The van der Waals surface area contributed by atoms with E-state index in [1.165, 1.54) is 37.1 Å². The van der Waals surface area contributed by atoms with Crippen LogP contribution in [0.2, 0.25) is 0 Å². The zero-order chi connectivity index (χ0) is 12.6. The average Bonchev–Trinajstić information content (AvgIpc) is 2.85. The Kier molecular flexibility index (Phi) is 3.33. The van der Waals surface area contributed by atoms with Crippen LogP contribution >= 0.6 is 0 Å². The highest BCUT2D eigenvalue weighted by Gasteiger charge is 2.25. The van der Waals surface area contributed by atoms with E-state index in [1.54, 1.807) is 0 Å². The summed E-state index contributed by atoms with van der Waals surface area (Å²) in [4.78, 5) is 0. The molecule has 0 radical (unpaired) electrons. The van der Waals surface area contributed by atoms with Crippen molar-refractivity contribution in [2.75, 3.05) is 0 Å². The zero-order valence-corrected chi connectivity index (χ0v) is 12.0. The van der Waals surface area contributed by atoms with Crippen molar-refractivity contribution in [2.45, 2.75) is 77.7 Å². The second-order valence-electron chi connectivity index (χ2n) is 6.74. The first-order valence-electron chi connectivity index (χ1n) is 6.99. The summed E-state index contributed by atoms with van der Waals surface area (Å²) in [7, 11) is 0. The molecule has 17 heavy (non-hydrogen) atoms. The van der Waals surface area contributed by atoms with Crippen LogP contribution in [-0.4, -0.2) is 9.78 Å². The summed E-state index contributed by atoms with van der Waals surface area (Å²) in [6.45, 7) is 11.3. The molecule has 2 rings (SSSR count). The molecule has 1 aliphatic carbocycles. The minimum atomic E-state index is 0.160. The Balaban J connectivity index is 2.38. The van der Waals surface area contributed by atoms with E-state index in [2.05, 4.69) is 45.4 Å². The molecule has 1 heterocycles. The highest BCUT2D eigenvalue weighted by atomic mass is 15.3. The second-order valence-corrected chi connectivity index (χ2v) is 6.74. The van der Waals surface area contributed by atoms with Crippen molar-refractivity contribution in [3.05, 3.63) is 17.5 Å². The average molecular weight is 234 g/mol. The van der Waals surface area contributed by atoms with Crippen LogP contribution in [0, 0.1) is 0 Å². The predicted molar refractivity (Wildman–Crippen MR) is 72.5 cm³/mol. The van der Waals surface area contributed by atoms with Crippen LogP contribution in [0.5, 0.6) is 0 Å². The quantitative estimate of drug-likeness (QED) is 0.740. The third kappa shape index (κ3) is 2.56. The van der Waals surface area contributed by atoms with E-state index in [4.69, 9.17) is 5.10 Å². The number of hydrogen-bond acceptors (Lipinski definition) is 1. The summed E-state index contributed by atoms with van der Waals surface area (Å²) in [6.07, 6.45) is 5.36. The van der Waals surface area contributed by atoms with E-state index in [0.717, 1.165) is 0 Å². The van der Waals surface area contributed by atoms with Crippen LogP contribution < -0.4 is 0 Å². The fourth-order valence-electron chi connectivity index (χ4n) is 2.65. The summed E-state index contributed by atoms with van der Waals surface area (Å²) in [5, 5.41) is 4.90. The standard InChI is InChI=1S/C15H26N2/c1-11(2)13-10-14(15(3,4)5)16-17(13)12-8-6-7-9-12/h10-12H,6-9H2,1-5H3. The van der Waals surface area contributed by atoms with Gasteiger partial charge in [0.1, 0.15) is 0 Å². The number of hydrogen-bond donors (Lipinski definition) is 0. The number of aromatic nitrogens is 2. The van der Waals surface area contributed by atoms with Gasteiger partial charge < -0.3 is 0 Å². The normalized spacial score (nSPS) is 18.2. The largest absolute Gasteiger partial charge is 0.266 e. The molecule has 0 bridgehead atoms. The summed E-state index contributed by atoms with van der Waals surface area (Å²) >= 11 is 0. The Bertz CT molecular complexity index is 376. The maximum atomic E-state index is 4.90. The number of nitrogens with zero attached hydrogens (tertiary/aromatic N) is 2. The fourth-order valence-corrected chi connectivity index (χ4v) is 2.65. The van der Waals surface area contributed by atoms with Crippen molar-refractivity contribution in [3.8, 4) is 0 Å². The van der Waals surface area contributed by atoms with Crippen LogP contribution in [0.15, 0.2) is 6.07 Å². The van der Waals surface area contributed by atoms with Crippen LogP contribution in [0.4, 0.5) is 0 Å². The van der Waals surface area contributed by atoms with Gasteiger partial charge in [-0.1, -0.05) is 47.5 Å². The summed E-state index contributed by atoms with van der Waals surface area (Å²) in [5.41, 5.74) is 2.82. The molecule has 1 aromatic heterocycles. The Labute approximate surface area is 105 Å². The molecule has 1 saturated carbocycles. The van der Waals surface area contributed by atoms with Crippen molar-refractivity contribution in [1.82, 2.24) is 9.78 Å². The first kappa shape index (κ1) is 12.7. The molecule has 0 saturated heterocycles. The van der Waals surface area contributed by atoms with Gasteiger partial charge in [-0.15, -0.1) is 0 Å². The molecular weight excluding hydrogens is 208 g/mol. The Morgan fingerprint density at radius 2 is 1.82 bits per heavy atom. The number of rotatable bonds is 2. The summed E-state index contributed by atoms with van der Waals surface area (Å²) < 4.78 is 2.33. The van der Waals surface area contributed by atoms with Crippen LogP contribution in [0.3, 0.4) is 0 Å². The van der Waals surface area contributed by atoms with Crippen molar-refractivity contribution >= 4 is 0 Å². The van der Waals surface area contributed by atoms with Crippen molar-refractivity contribution in [3.63, 3.8) is 0 Å². The minimum Gasteiger partial charge on any atom is -0.266 e. The molecule has 0 aromatic carbocycles. The van der Waals surface area contributed by atoms with E-state index in [0.29, 0.717) is 12.0 Å². The van der Waals surface area contributed by atoms with Crippen molar-refractivity contribution in [1.29, 1.82) is 0 Å². The molecule has 1 fully saturated rings. The lowest BCUT2D eigenvalue weighted by molar-refractivity contribution is 0.429. The van der Waals surface area contributed by atoms with E-state index in [1.807, 2.05) is 0 Å². The first-order chi connectivity index (χ1) is 7.89. The molecule has 0 spiro atoms. The summed E-state index contributed by atoms with van der Waals surface area (Å²) in [5.74, 6) is 0.569. The van der Waals surface area contributed by atoms with Gasteiger partial charge in [0.2, 0.25) is 0 Å². The summed E-state index contributed by atoms with van der Waals surface area (Å²) in [6, 6.07) is 2.98. The highest BCUT2D eigenvalue weighted by Crippen LogP contribution is 2.34. The van der Waals surface area contributed by atoms with Crippen LogP contribution in [-0.2, 0) is 5.41 Å². The van der Waals surface area contributed by atoms with Gasteiger partial charge in [0.05, 0.1) is 11.7 Å². The Morgan fingerprint density at radius 3 is 2.29 bits per heavy atom. The molecule has 0 atom stereocenters. The fraction of sp³-hybridized carbons (Fsp3) is 0.800. The molecule has 0 aliphatic heterocycles. The van der Waals surface area contributed by atoms with E-state index in [-0.39, 0.29) is 5.41 Å². The molecule has 1 aromatic rings. The van der Waals surface area contributed by atoms with Gasteiger partial charge in [-0.2, -0.15) is 5.10 Å². The maximum absolute atomic E-state index is 4.90. The molecule has 2 nitrogen and oxygen atoms in total. The van der Waals surface area contributed by atoms with Gasteiger partial charge in [0, 0.05) is 11.1 Å². The van der Waals surface area contributed by atoms with Crippen molar-refractivity contribution < 1.29 is 0 Å². The molecule has 0 amide bonds. The van der Waals surface area contributed by atoms with E-state index >= 15 is 0 Å². The Hall–Kier alpha value is -0.790. The minimum absolute atomic E-state index is 0.160. The van der Waals surface area contributed by atoms with Crippen molar-refractivity contribution in [2.24, 2.45) is 0 Å². The highest BCUT2D eigenvalue weighted by molar-refractivity contribution is 5.20. The van der Waals surface area contributed by atoms with E-state index in [9.17, 15) is 0 Å². The van der Waals surface area contributed by atoms with Gasteiger partial charge in [-0.25, -0.2) is 0 Å². The predicted octanol–water partition coefficient (Wildman–Crippen LogP) is 4.42. The third-order valence-corrected chi connectivity index (χ3v) is 3.80. The lowest BCUT2D eigenvalue weighted by Gasteiger charge is -2.17. The van der Waals surface area contributed by atoms with Gasteiger partial charge in [-0.3, -0.25) is 4.68 Å². The second kappa shape index (κ2) is 4.47. The molecule has 96 valence electrons. The van der Waals surface area contributed by atoms with Crippen LogP contribution in [0.25, 0.3) is 0 Å². The third-order valence-electron chi connectivity index (χ3n) is 3.80. The molecule has 2 heteroatoms. The first-order valence-corrected chi connectivity index (χ1v) is 6.99. The SMILES string of the molecule is CC(C)c1cc(C(C)(C)C)nn1C1CCCC1. The van der Waals surface area contributed by atoms with Gasteiger partial charge in [-0.05, 0) is 24.8 Å². The topological polar surface area (TPSA) is 17.8 Å². The Morgan fingerprint density at radius 1 is 1.24 bits per heavy atom. The molecule has 0 unspecified atom stereocenters. The smallest absolute Gasteiger partial charge is 0.0681 e. The van der Waals surface area contributed by atoms with Gasteiger partial charge in [0.25, 0.3) is 0 Å². The van der Waals surface area contributed by atoms with Gasteiger partial charge in [0.15, 0.2) is 0 Å². The maximum Gasteiger partial charge on any atom is 0.0681 e. The van der Waals surface area contributed by atoms with E-state index < -0.39 is 0 Å². The molecule has 1 aliphatic rings. The molecule has 0 N–H and O–H groups in total. The van der Waals surface area contributed by atoms with Crippen LogP contribution in [0.1, 0.15) is 83.6 Å².